The Morgan fingerprint density at radius 2 is 2.31 bits per heavy atom. The Labute approximate surface area is 98.2 Å². The Bertz CT molecular complexity index is 430. The molecule has 1 aliphatic heterocycles. The van der Waals surface area contributed by atoms with Crippen LogP contribution in [-0.4, -0.2) is 28.2 Å². The fourth-order valence-corrected chi connectivity index (χ4v) is 1.85. The third-order valence-electron chi connectivity index (χ3n) is 2.54. The van der Waals surface area contributed by atoms with Gasteiger partial charge in [-0.2, -0.15) is 0 Å². The van der Waals surface area contributed by atoms with Crippen molar-refractivity contribution in [1.82, 2.24) is 9.88 Å². The molecule has 4 nitrogen and oxygen atoms in total. The average molecular weight is 239 g/mol. The maximum absolute atomic E-state index is 11.9. The summed E-state index contributed by atoms with van der Waals surface area (Å²) in [6, 6.07) is 3.12. The zero-order valence-corrected chi connectivity index (χ0v) is 9.57. The maximum Gasteiger partial charge on any atom is 0.262 e. The highest BCUT2D eigenvalue weighted by Crippen LogP contribution is 2.19. The molecular formula is C11H11ClN2O2. The van der Waals surface area contributed by atoms with Crippen molar-refractivity contribution in [3.05, 3.63) is 29.0 Å². The number of halogens is 1. The first-order valence-electron chi connectivity index (χ1n) is 5.04. The number of carbonyl (C=O) groups is 2. The molecule has 0 aliphatic carbocycles. The van der Waals surface area contributed by atoms with Crippen LogP contribution in [0.15, 0.2) is 18.3 Å². The van der Waals surface area contributed by atoms with E-state index < -0.39 is 0 Å². The molecule has 1 aliphatic rings. The van der Waals surface area contributed by atoms with Crippen LogP contribution in [0.3, 0.4) is 0 Å². The van der Waals surface area contributed by atoms with Gasteiger partial charge in [-0.3, -0.25) is 14.5 Å². The summed E-state index contributed by atoms with van der Waals surface area (Å²) < 4.78 is 0. The second-order valence-corrected chi connectivity index (χ2v) is 4.38. The van der Waals surface area contributed by atoms with E-state index in [1.54, 1.807) is 12.1 Å². The molecule has 1 atom stereocenters. The second kappa shape index (κ2) is 4.22. The maximum atomic E-state index is 11.9. The van der Waals surface area contributed by atoms with Crippen molar-refractivity contribution in [2.45, 2.75) is 13.3 Å². The number of amides is 2. The summed E-state index contributed by atoms with van der Waals surface area (Å²) in [7, 11) is 0. The van der Waals surface area contributed by atoms with E-state index in [2.05, 4.69) is 4.98 Å². The molecule has 1 fully saturated rings. The summed E-state index contributed by atoms with van der Waals surface area (Å²) in [6.45, 7) is 2.44. The van der Waals surface area contributed by atoms with Crippen LogP contribution < -0.4 is 0 Å². The Balaban J connectivity index is 2.19. The molecule has 16 heavy (non-hydrogen) atoms. The number of likely N-dealkylation sites (tertiary alicyclic amines) is 1. The van der Waals surface area contributed by atoms with E-state index in [4.69, 9.17) is 11.6 Å². The Kier molecular flexibility index (Phi) is 2.92. The van der Waals surface area contributed by atoms with Crippen molar-refractivity contribution >= 4 is 23.4 Å². The summed E-state index contributed by atoms with van der Waals surface area (Å²) in [5.74, 6) is -0.178. The van der Waals surface area contributed by atoms with Crippen LogP contribution in [0.1, 0.15) is 23.7 Å². The van der Waals surface area contributed by atoms with Crippen LogP contribution >= 0.6 is 11.6 Å². The molecule has 1 saturated heterocycles. The van der Waals surface area contributed by atoms with Crippen LogP contribution in [0.2, 0.25) is 5.15 Å². The number of hydrogen-bond donors (Lipinski definition) is 0. The van der Waals surface area contributed by atoms with Crippen molar-refractivity contribution < 1.29 is 9.59 Å². The lowest BCUT2D eigenvalue weighted by atomic mass is 10.2. The highest BCUT2D eigenvalue weighted by atomic mass is 35.5. The highest BCUT2D eigenvalue weighted by Gasteiger charge is 2.31. The van der Waals surface area contributed by atoms with Gasteiger partial charge in [0, 0.05) is 19.2 Å². The molecule has 0 N–H and O–H groups in total. The first kappa shape index (κ1) is 11.1. The molecule has 0 aromatic carbocycles. The normalized spacial score (nSPS) is 20.2. The molecule has 2 amide bonds. The number of rotatable bonds is 1. The molecule has 0 saturated carbocycles. The second-order valence-electron chi connectivity index (χ2n) is 3.99. The van der Waals surface area contributed by atoms with Crippen LogP contribution in [0.5, 0.6) is 0 Å². The molecule has 0 bridgehead atoms. The summed E-state index contributed by atoms with van der Waals surface area (Å²) >= 11 is 5.62. The van der Waals surface area contributed by atoms with Gasteiger partial charge < -0.3 is 0 Å². The van der Waals surface area contributed by atoms with Gasteiger partial charge in [0.2, 0.25) is 5.91 Å². The van der Waals surface area contributed by atoms with Gasteiger partial charge in [-0.05, 0) is 18.1 Å². The minimum absolute atomic E-state index is 0.118. The Morgan fingerprint density at radius 3 is 2.81 bits per heavy atom. The van der Waals surface area contributed by atoms with E-state index in [-0.39, 0.29) is 17.7 Å². The van der Waals surface area contributed by atoms with Gasteiger partial charge in [0.05, 0.1) is 5.56 Å². The molecule has 2 heterocycles. The van der Waals surface area contributed by atoms with E-state index in [1.165, 1.54) is 11.1 Å². The van der Waals surface area contributed by atoms with Gasteiger partial charge in [0.1, 0.15) is 5.15 Å². The lowest BCUT2D eigenvalue weighted by molar-refractivity contribution is -0.125. The SMILES string of the molecule is CC1CC(=O)N(C(=O)c2ccc(Cl)nc2)C1. The largest absolute Gasteiger partial charge is 0.278 e. The number of aromatic nitrogens is 1. The van der Waals surface area contributed by atoms with E-state index in [0.717, 1.165) is 0 Å². The van der Waals surface area contributed by atoms with Gasteiger partial charge >= 0.3 is 0 Å². The molecule has 5 heteroatoms. The molecule has 84 valence electrons. The summed E-state index contributed by atoms with van der Waals surface area (Å²) in [5, 5.41) is 0.331. The third kappa shape index (κ3) is 2.07. The van der Waals surface area contributed by atoms with Crippen LogP contribution in [0.25, 0.3) is 0 Å². The number of hydrogen-bond acceptors (Lipinski definition) is 3. The zero-order valence-electron chi connectivity index (χ0n) is 8.81. The van der Waals surface area contributed by atoms with E-state index in [1.807, 2.05) is 6.92 Å². The summed E-state index contributed by atoms with van der Waals surface area (Å²) in [5.41, 5.74) is 0.395. The summed E-state index contributed by atoms with van der Waals surface area (Å²) in [4.78, 5) is 28.6. The van der Waals surface area contributed by atoms with Gasteiger partial charge in [-0.1, -0.05) is 18.5 Å². The molecule has 1 unspecified atom stereocenters. The Morgan fingerprint density at radius 1 is 1.56 bits per heavy atom. The fourth-order valence-electron chi connectivity index (χ4n) is 1.74. The van der Waals surface area contributed by atoms with Crippen molar-refractivity contribution in [2.24, 2.45) is 5.92 Å². The predicted octanol–water partition coefficient (Wildman–Crippen LogP) is 1.74. The lowest BCUT2D eigenvalue weighted by Crippen LogP contribution is -2.32. The van der Waals surface area contributed by atoms with E-state index in [9.17, 15) is 9.59 Å². The number of pyridine rings is 1. The fraction of sp³-hybridized carbons (Fsp3) is 0.364. The van der Waals surface area contributed by atoms with Gasteiger partial charge in [0.15, 0.2) is 0 Å². The molecule has 1 aromatic rings. The van der Waals surface area contributed by atoms with Gasteiger partial charge in [-0.25, -0.2) is 4.98 Å². The van der Waals surface area contributed by atoms with Crippen LogP contribution in [-0.2, 0) is 4.79 Å². The van der Waals surface area contributed by atoms with Crippen molar-refractivity contribution in [3.63, 3.8) is 0 Å². The minimum Gasteiger partial charge on any atom is -0.278 e. The highest BCUT2D eigenvalue weighted by molar-refractivity contribution is 6.29. The smallest absolute Gasteiger partial charge is 0.262 e. The topological polar surface area (TPSA) is 50.3 Å². The number of imide groups is 1. The third-order valence-corrected chi connectivity index (χ3v) is 2.76. The van der Waals surface area contributed by atoms with Crippen molar-refractivity contribution in [3.8, 4) is 0 Å². The Hall–Kier alpha value is -1.42. The molecular weight excluding hydrogens is 228 g/mol. The lowest BCUT2D eigenvalue weighted by Gasteiger charge is -2.13. The first-order chi connectivity index (χ1) is 7.58. The van der Waals surface area contributed by atoms with Gasteiger partial charge in [-0.15, -0.1) is 0 Å². The number of nitrogens with zero attached hydrogens (tertiary/aromatic N) is 2. The molecule has 2 rings (SSSR count). The van der Waals surface area contributed by atoms with E-state index in [0.29, 0.717) is 23.7 Å². The number of carbonyl (C=O) groups excluding carboxylic acids is 2. The molecule has 1 aromatic heterocycles. The minimum atomic E-state index is -0.293. The average Bonchev–Trinajstić information content (AvgIpc) is 2.58. The zero-order chi connectivity index (χ0) is 11.7. The molecule has 0 spiro atoms. The first-order valence-corrected chi connectivity index (χ1v) is 5.42. The standard InChI is InChI=1S/C11H11ClN2O2/c1-7-4-10(15)14(6-7)11(16)8-2-3-9(12)13-5-8/h2-3,5,7H,4,6H2,1H3. The van der Waals surface area contributed by atoms with Crippen LogP contribution in [0, 0.1) is 5.92 Å². The van der Waals surface area contributed by atoms with Crippen LogP contribution in [0.4, 0.5) is 0 Å². The van der Waals surface area contributed by atoms with E-state index >= 15 is 0 Å². The van der Waals surface area contributed by atoms with Gasteiger partial charge in [0.25, 0.3) is 5.91 Å². The predicted molar refractivity (Wildman–Crippen MR) is 59.1 cm³/mol. The van der Waals surface area contributed by atoms with Crippen molar-refractivity contribution in [1.29, 1.82) is 0 Å². The monoisotopic (exact) mass is 238 g/mol. The van der Waals surface area contributed by atoms with Crippen molar-refractivity contribution in [2.75, 3.05) is 6.54 Å². The quantitative estimate of drug-likeness (QED) is 0.553. The summed E-state index contributed by atoms with van der Waals surface area (Å²) in [6.07, 6.45) is 1.83. The molecule has 0 radical (unpaired) electrons.